The zero-order valence-electron chi connectivity index (χ0n) is 9.00. The van der Waals surface area contributed by atoms with Crippen molar-refractivity contribution >= 4 is 15.9 Å². The summed E-state index contributed by atoms with van der Waals surface area (Å²) < 4.78 is 1.15. The third-order valence-electron chi connectivity index (χ3n) is 2.91. The molecule has 0 radical (unpaired) electrons. The third kappa shape index (κ3) is 1.66. The highest BCUT2D eigenvalue weighted by Gasteiger charge is 2.23. The lowest BCUT2D eigenvalue weighted by molar-refractivity contribution is 0.295. The summed E-state index contributed by atoms with van der Waals surface area (Å²) in [6.45, 7) is 1.93. The van der Waals surface area contributed by atoms with Crippen LogP contribution in [0.3, 0.4) is 0 Å². The minimum Gasteiger partial charge on any atom is -0.347 e. The zero-order chi connectivity index (χ0) is 11.1. The molecule has 2 N–H and O–H groups in total. The Morgan fingerprint density at radius 1 is 1.25 bits per heavy atom. The van der Waals surface area contributed by atoms with E-state index >= 15 is 0 Å². The van der Waals surface area contributed by atoms with Gasteiger partial charge in [-0.3, -0.25) is 10.4 Å². The topological polar surface area (TPSA) is 30.5 Å². The van der Waals surface area contributed by atoms with Gasteiger partial charge in [0.25, 0.3) is 0 Å². The van der Waals surface area contributed by atoms with E-state index in [0.29, 0.717) is 0 Å². The molecule has 0 spiro atoms. The van der Waals surface area contributed by atoms with Crippen molar-refractivity contribution in [1.29, 1.82) is 0 Å². The molecule has 16 heavy (non-hydrogen) atoms. The van der Waals surface area contributed by atoms with Crippen LogP contribution in [0.2, 0.25) is 0 Å². The van der Waals surface area contributed by atoms with Crippen molar-refractivity contribution in [3.8, 4) is 0 Å². The number of rotatable bonds is 1. The van der Waals surface area contributed by atoms with Crippen LogP contribution in [0.15, 0.2) is 34.7 Å². The smallest absolute Gasteiger partial charge is 0.136 e. The second kappa shape index (κ2) is 3.68. The maximum absolute atomic E-state index is 3.51. The lowest BCUT2D eigenvalue weighted by Crippen LogP contribution is -2.36. The monoisotopic (exact) mass is 280 g/mol. The molecule has 0 saturated heterocycles. The highest BCUT2D eigenvalue weighted by atomic mass is 79.9. The van der Waals surface area contributed by atoms with E-state index in [1.807, 2.05) is 12.1 Å². The van der Waals surface area contributed by atoms with Crippen molar-refractivity contribution in [2.75, 3.05) is 7.05 Å². The summed E-state index contributed by atoms with van der Waals surface area (Å²) in [5.41, 5.74) is 8.97. The van der Waals surface area contributed by atoms with Gasteiger partial charge in [0.05, 0.1) is 6.20 Å². The second-order valence-corrected chi connectivity index (χ2v) is 5.05. The fourth-order valence-corrected chi connectivity index (χ4v) is 2.50. The standard InChI is InChI=1S/C11H13BrN4/c1-15-7-11(13-14-15)16-5-8-2-3-10(12)4-9(8)6-16/h2-4,7,13-14H,5-6H2,1H3. The molecule has 84 valence electrons. The number of hydrazine groups is 2. The van der Waals surface area contributed by atoms with E-state index in [1.54, 1.807) is 0 Å². The number of fused-ring (bicyclic) bond motifs is 1. The van der Waals surface area contributed by atoms with E-state index in [2.05, 4.69) is 56.2 Å². The molecule has 0 atom stereocenters. The van der Waals surface area contributed by atoms with Gasteiger partial charge in [0.15, 0.2) is 0 Å². The molecule has 3 rings (SSSR count). The average Bonchev–Trinajstić information content (AvgIpc) is 2.83. The van der Waals surface area contributed by atoms with Gasteiger partial charge < -0.3 is 4.90 Å². The fraction of sp³-hybridized carbons (Fsp3) is 0.273. The van der Waals surface area contributed by atoms with Crippen molar-refractivity contribution in [2.45, 2.75) is 13.1 Å². The van der Waals surface area contributed by atoms with Gasteiger partial charge in [-0.2, -0.15) is 0 Å². The predicted molar refractivity (Wildman–Crippen MR) is 65.5 cm³/mol. The lowest BCUT2D eigenvalue weighted by atomic mass is 10.1. The first kappa shape index (κ1) is 9.99. The molecule has 2 aliphatic heterocycles. The maximum atomic E-state index is 3.51. The van der Waals surface area contributed by atoms with Gasteiger partial charge in [0, 0.05) is 24.6 Å². The Morgan fingerprint density at radius 2 is 2.06 bits per heavy atom. The first-order chi connectivity index (χ1) is 7.72. The molecule has 0 bridgehead atoms. The molecule has 4 nitrogen and oxygen atoms in total. The average molecular weight is 281 g/mol. The molecular formula is C11H13BrN4. The largest absolute Gasteiger partial charge is 0.347 e. The minimum absolute atomic E-state index is 0.961. The number of benzene rings is 1. The van der Waals surface area contributed by atoms with Gasteiger partial charge in [-0.1, -0.05) is 22.0 Å². The van der Waals surface area contributed by atoms with E-state index < -0.39 is 0 Å². The number of hydrogen-bond acceptors (Lipinski definition) is 4. The van der Waals surface area contributed by atoms with Gasteiger partial charge in [0.1, 0.15) is 5.82 Å². The van der Waals surface area contributed by atoms with Crippen LogP contribution < -0.4 is 11.0 Å². The molecule has 0 aliphatic carbocycles. The molecular weight excluding hydrogens is 268 g/mol. The Balaban J connectivity index is 1.83. The van der Waals surface area contributed by atoms with Crippen molar-refractivity contribution in [2.24, 2.45) is 0 Å². The van der Waals surface area contributed by atoms with Gasteiger partial charge in [0.2, 0.25) is 0 Å². The highest BCUT2D eigenvalue weighted by molar-refractivity contribution is 9.10. The lowest BCUT2D eigenvalue weighted by Gasteiger charge is -2.17. The summed E-state index contributed by atoms with van der Waals surface area (Å²) in [5, 5.41) is 1.91. The first-order valence-corrected chi connectivity index (χ1v) is 6.00. The molecule has 1 aromatic rings. The molecule has 2 aliphatic rings. The van der Waals surface area contributed by atoms with Crippen molar-refractivity contribution in [3.05, 3.63) is 45.8 Å². The molecule has 0 fully saturated rings. The van der Waals surface area contributed by atoms with Crippen LogP contribution in [-0.2, 0) is 13.1 Å². The Bertz CT molecular complexity index is 457. The molecule has 0 saturated carbocycles. The molecule has 0 aromatic heterocycles. The highest BCUT2D eigenvalue weighted by Crippen LogP contribution is 2.28. The first-order valence-electron chi connectivity index (χ1n) is 5.21. The predicted octanol–water partition coefficient (Wildman–Crippen LogP) is 1.52. The van der Waals surface area contributed by atoms with Crippen molar-refractivity contribution < 1.29 is 0 Å². The van der Waals surface area contributed by atoms with Gasteiger partial charge >= 0.3 is 0 Å². The molecule has 5 heteroatoms. The van der Waals surface area contributed by atoms with Crippen LogP contribution >= 0.6 is 15.9 Å². The minimum atomic E-state index is 0.961. The van der Waals surface area contributed by atoms with Gasteiger partial charge in [-0.15, -0.1) is 5.53 Å². The Hall–Kier alpha value is -1.20. The molecule has 0 amide bonds. The van der Waals surface area contributed by atoms with Crippen LogP contribution in [0.1, 0.15) is 11.1 Å². The summed E-state index contributed by atoms with van der Waals surface area (Å²) in [6.07, 6.45) is 2.06. The Morgan fingerprint density at radius 3 is 2.81 bits per heavy atom. The maximum Gasteiger partial charge on any atom is 0.136 e. The fourth-order valence-electron chi connectivity index (χ4n) is 2.09. The quantitative estimate of drug-likeness (QED) is 0.817. The van der Waals surface area contributed by atoms with E-state index in [9.17, 15) is 0 Å². The van der Waals surface area contributed by atoms with Gasteiger partial charge in [-0.25, -0.2) is 0 Å². The zero-order valence-corrected chi connectivity index (χ0v) is 10.6. The Labute approximate surface area is 103 Å². The normalized spacial score (nSPS) is 18.5. The number of halogens is 1. The van der Waals surface area contributed by atoms with Crippen LogP contribution in [0, 0.1) is 0 Å². The van der Waals surface area contributed by atoms with Crippen LogP contribution in [0.5, 0.6) is 0 Å². The van der Waals surface area contributed by atoms with Gasteiger partial charge in [-0.05, 0) is 23.3 Å². The third-order valence-corrected chi connectivity index (χ3v) is 3.40. The number of hydrogen-bond donors (Lipinski definition) is 2. The van der Waals surface area contributed by atoms with E-state index in [4.69, 9.17) is 0 Å². The molecule has 1 aromatic carbocycles. The van der Waals surface area contributed by atoms with Crippen LogP contribution in [-0.4, -0.2) is 17.0 Å². The summed E-state index contributed by atoms with van der Waals surface area (Å²) in [7, 11) is 1.97. The number of nitrogens with one attached hydrogen (secondary N) is 2. The second-order valence-electron chi connectivity index (χ2n) is 4.13. The summed E-state index contributed by atoms with van der Waals surface area (Å²) in [5.74, 6) is 1.12. The summed E-state index contributed by atoms with van der Waals surface area (Å²) in [4.78, 5) is 2.31. The van der Waals surface area contributed by atoms with E-state index in [-0.39, 0.29) is 0 Å². The van der Waals surface area contributed by atoms with Crippen LogP contribution in [0.4, 0.5) is 0 Å². The number of nitrogens with zero attached hydrogens (tertiary/aromatic N) is 2. The molecule has 2 heterocycles. The van der Waals surface area contributed by atoms with E-state index in [0.717, 1.165) is 23.4 Å². The Kier molecular flexibility index (Phi) is 2.29. The van der Waals surface area contributed by atoms with Crippen molar-refractivity contribution in [1.82, 2.24) is 20.9 Å². The SMILES string of the molecule is CN1C=C(N2Cc3ccc(Br)cc3C2)NN1. The summed E-state index contributed by atoms with van der Waals surface area (Å²) in [6, 6.07) is 6.48. The van der Waals surface area contributed by atoms with E-state index in [1.165, 1.54) is 11.1 Å². The summed E-state index contributed by atoms with van der Waals surface area (Å²) >= 11 is 3.51. The van der Waals surface area contributed by atoms with Crippen molar-refractivity contribution in [3.63, 3.8) is 0 Å². The molecule has 0 unspecified atom stereocenters. The van der Waals surface area contributed by atoms with Crippen LogP contribution in [0.25, 0.3) is 0 Å².